The third-order valence-corrected chi connectivity index (χ3v) is 5.62. The molecule has 2 atom stereocenters. The fourth-order valence-corrected chi connectivity index (χ4v) is 3.84. The monoisotopic (exact) mass is 388 g/mol. The SMILES string of the molecule is Cc1ccc(-c2nn(Cc3ccccc3)cc2C(=O)NC2CCNCC2C)cc1. The Morgan fingerprint density at radius 2 is 1.93 bits per heavy atom. The van der Waals surface area contributed by atoms with Crippen molar-refractivity contribution in [2.75, 3.05) is 13.1 Å². The summed E-state index contributed by atoms with van der Waals surface area (Å²) < 4.78 is 1.87. The van der Waals surface area contributed by atoms with E-state index >= 15 is 0 Å². The lowest BCUT2D eigenvalue weighted by Gasteiger charge is -2.30. The van der Waals surface area contributed by atoms with Crippen molar-refractivity contribution in [3.05, 3.63) is 77.5 Å². The third-order valence-electron chi connectivity index (χ3n) is 5.62. The molecular weight excluding hydrogens is 360 g/mol. The number of nitrogens with zero attached hydrogens (tertiary/aromatic N) is 2. The van der Waals surface area contributed by atoms with Crippen LogP contribution in [0.25, 0.3) is 11.3 Å². The van der Waals surface area contributed by atoms with Gasteiger partial charge in [0, 0.05) is 17.8 Å². The van der Waals surface area contributed by atoms with E-state index in [-0.39, 0.29) is 11.9 Å². The van der Waals surface area contributed by atoms with Gasteiger partial charge >= 0.3 is 0 Å². The Balaban J connectivity index is 1.64. The van der Waals surface area contributed by atoms with Crippen molar-refractivity contribution >= 4 is 5.91 Å². The van der Waals surface area contributed by atoms with Gasteiger partial charge in [0.05, 0.1) is 12.1 Å². The summed E-state index contributed by atoms with van der Waals surface area (Å²) in [6.07, 6.45) is 2.83. The van der Waals surface area contributed by atoms with Crippen LogP contribution in [-0.2, 0) is 6.54 Å². The summed E-state index contributed by atoms with van der Waals surface area (Å²) in [7, 11) is 0. The first kappa shape index (κ1) is 19.4. The van der Waals surface area contributed by atoms with Gasteiger partial charge in [0.25, 0.3) is 5.91 Å². The molecule has 4 rings (SSSR count). The van der Waals surface area contributed by atoms with Crippen molar-refractivity contribution in [1.82, 2.24) is 20.4 Å². The van der Waals surface area contributed by atoms with Crippen LogP contribution in [0.2, 0.25) is 0 Å². The molecule has 1 saturated heterocycles. The zero-order valence-electron chi connectivity index (χ0n) is 17.1. The van der Waals surface area contributed by atoms with Gasteiger partial charge < -0.3 is 10.6 Å². The van der Waals surface area contributed by atoms with Crippen LogP contribution >= 0.6 is 0 Å². The molecule has 0 saturated carbocycles. The molecule has 0 spiro atoms. The van der Waals surface area contributed by atoms with Gasteiger partial charge in [-0.05, 0) is 37.9 Å². The maximum absolute atomic E-state index is 13.2. The van der Waals surface area contributed by atoms with Crippen LogP contribution in [0.15, 0.2) is 60.8 Å². The molecule has 150 valence electrons. The maximum Gasteiger partial charge on any atom is 0.255 e. The predicted molar refractivity (Wildman–Crippen MR) is 116 cm³/mol. The molecule has 2 N–H and O–H groups in total. The molecule has 1 aliphatic rings. The Kier molecular flexibility index (Phi) is 5.76. The molecule has 5 nitrogen and oxygen atoms in total. The number of aromatic nitrogens is 2. The predicted octanol–water partition coefficient (Wildman–Crippen LogP) is 3.63. The van der Waals surface area contributed by atoms with E-state index in [0.29, 0.717) is 18.0 Å². The topological polar surface area (TPSA) is 59.0 Å². The fraction of sp³-hybridized carbons (Fsp3) is 0.333. The Bertz CT molecular complexity index is 962. The Morgan fingerprint density at radius 3 is 2.66 bits per heavy atom. The third kappa shape index (κ3) is 4.57. The molecular formula is C24H28N4O. The second-order valence-corrected chi connectivity index (χ2v) is 7.99. The molecule has 1 amide bonds. The summed E-state index contributed by atoms with van der Waals surface area (Å²) >= 11 is 0. The van der Waals surface area contributed by atoms with Crippen LogP contribution < -0.4 is 10.6 Å². The number of piperidine rings is 1. The van der Waals surface area contributed by atoms with E-state index in [0.717, 1.165) is 36.3 Å². The highest BCUT2D eigenvalue weighted by Crippen LogP contribution is 2.24. The normalized spacial score (nSPS) is 19.1. The quantitative estimate of drug-likeness (QED) is 0.702. The second kappa shape index (κ2) is 8.62. The molecule has 1 aromatic heterocycles. The van der Waals surface area contributed by atoms with Crippen molar-refractivity contribution in [2.24, 2.45) is 5.92 Å². The summed E-state index contributed by atoms with van der Waals surface area (Å²) in [5, 5.41) is 11.4. The second-order valence-electron chi connectivity index (χ2n) is 7.99. The van der Waals surface area contributed by atoms with Crippen LogP contribution in [-0.4, -0.2) is 34.8 Å². The standard InChI is InChI=1S/C24H28N4O/c1-17-8-10-20(11-9-17)23-21(24(29)26-22-12-13-25-14-18(22)2)16-28(27-23)15-19-6-4-3-5-7-19/h3-11,16,18,22,25H,12-15H2,1-2H3,(H,26,29). The summed E-state index contributed by atoms with van der Waals surface area (Å²) in [5.41, 5.74) is 4.68. The molecule has 3 aromatic rings. The lowest BCUT2D eigenvalue weighted by atomic mass is 9.95. The molecule has 2 aromatic carbocycles. The summed E-state index contributed by atoms with van der Waals surface area (Å²) in [5.74, 6) is 0.369. The minimum Gasteiger partial charge on any atom is -0.349 e. The molecule has 29 heavy (non-hydrogen) atoms. The maximum atomic E-state index is 13.2. The van der Waals surface area contributed by atoms with E-state index < -0.39 is 0 Å². The molecule has 1 fully saturated rings. The van der Waals surface area contributed by atoms with Crippen LogP contribution in [0.5, 0.6) is 0 Å². The average molecular weight is 389 g/mol. The molecule has 0 bridgehead atoms. The van der Waals surface area contributed by atoms with Gasteiger partial charge in [0.15, 0.2) is 0 Å². The van der Waals surface area contributed by atoms with E-state index in [1.54, 1.807) is 0 Å². The highest BCUT2D eigenvalue weighted by Gasteiger charge is 2.25. The zero-order chi connectivity index (χ0) is 20.2. The van der Waals surface area contributed by atoms with Gasteiger partial charge in [-0.25, -0.2) is 0 Å². The Hall–Kier alpha value is -2.92. The van der Waals surface area contributed by atoms with Crippen molar-refractivity contribution in [3.63, 3.8) is 0 Å². The van der Waals surface area contributed by atoms with E-state index in [2.05, 4.69) is 48.7 Å². The molecule has 0 aliphatic carbocycles. The van der Waals surface area contributed by atoms with Gasteiger partial charge in [-0.2, -0.15) is 5.10 Å². The molecule has 2 unspecified atom stereocenters. The molecule has 5 heteroatoms. The van der Waals surface area contributed by atoms with Gasteiger partial charge in [0.1, 0.15) is 5.69 Å². The fourth-order valence-electron chi connectivity index (χ4n) is 3.84. The summed E-state index contributed by atoms with van der Waals surface area (Å²) in [6, 6.07) is 18.6. The number of aryl methyl sites for hydroxylation is 1. The smallest absolute Gasteiger partial charge is 0.255 e. The number of hydrogen-bond acceptors (Lipinski definition) is 3. The van der Waals surface area contributed by atoms with Crippen molar-refractivity contribution in [2.45, 2.75) is 32.9 Å². The van der Waals surface area contributed by atoms with Crippen LogP contribution in [0, 0.1) is 12.8 Å². The first-order valence-corrected chi connectivity index (χ1v) is 10.3. The van der Waals surface area contributed by atoms with E-state index in [9.17, 15) is 4.79 Å². The Labute approximate surface area is 172 Å². The highest BCUT2D eigenvalue weighted by molar-refractivity contribution is 6.00. The minimum absolute atomic E-state index is 0.0429. The average Bonchev–Trinajstić information content (AvgIpc) is 3.15. The minimum atomic E-state index is -0.0429. The first-order valence-electron chi connectivity index (χ1n) is 10.3. The van der Waals surface area contributed by atoms with Gasteiger partial charge in [0.2, 0.25) is 0 Å². The number of benzene rings is 2. The molecule has 0 radical (unpaired) electrons. The van der Waals surface area contributed by atoms with Gasteiger partial charge in [-0.15, -0.1) is 0 Å². The summed E-state index contributed by atoms with van der Waals surface area (Å²) in [4.78, 5) is 13.2. The van der Waals surface area contributed by atoms with E-state index in [1.165, 1.54) is 5.56 Å². The number of nitrogens with one attached hydrogen (secondary N) is 2. The number of rotatable bonds is 5. The number of hydrogen-bond donors (Lipinski definition) is 2. The van der Waals surface area contributed by atoms with Crippen LogP contribution in [0.4, 0.5) is 0 Å². The van der Waals surface area contributed by atoms with Crippen LogP contribution in [0.1, 0.15) is 34.8 Å². The largest absolute Gasteiger partial charge is 0.349 e. The number of amides is 1. The van der Waals surface area contributed by atoms with Crippen molar-refractivity contribution < 1.29 is 4.79 Å². The lowest BCUT2D eigenvalue weighted by Crippen LogP contribution is -2.48. The van der Waals surface area contributed by atoms with E-state index in [1.807, 2.05) is 41.2 Å². The highest BCUT2D eigenvalue weighted by atomic mass is 16.1. The first-order chi connectivity index (χ1) is 14.1. The van der Waals surface area contributed by atoms with Gasteiger partial charge in [-0.1, -0.05) is 67.1 Å². The number of carbonyl (C=O) groups is 1. The molecule has 2 heterocycles. The number of carbonyl (C=O) groups excluding carboxylic acids is 1. The van der Waals surface area contributed by atoms with E-state index in [4.69, 9.17) is 5.10 Å². The lowest BCUT2D eigenvalue weighted by molar-refractivity contribution is 0.0915. The molecule has 1 aliphatic heterocycles. The summed E-state index contributed by atoms with van der Waals surface area (Å²) in [6.45, 7) is 6.74. The van der Waals surface area contributed by atoms with Crippen molar-refractivity contribution in [3.8, 4) is 11.3 Å². The zero-order valence-corrected chi connectivity index (χ0v) is 17.1. The van der Waals surface area contributed by atoms with Crippen LogP contribution in [0.3, 0.4) is 0 Å². The van der Waals surface area contributed by atoms with Gasteiger partial charge in [-0.3, -0.25) is 9.48 Å². The Morgan fingerprint density at radius 1 is 1.17 bits per heavy atom. The van der Waals surface area contributed by atoms with Crippen molar-refractivity contribution in [1.29, 1.82) is 0 Å².